The van der Waals surface area contributed by atoms with E-state index >= 15 is 0 Å². The average Bonchev–Trinajstić information content (AvgIpc) is 2.37. The van der Waals surface area contributed by atoms with Crippen LogP contribution in [0.4, 0.5) is 10.1 Å². The number of halogens is 1. The Kier molecular flexibility index (Phi) is 4.48. The number of benzene rings is 1. The summed E-state index contributed by atoms with van der Waals surface area (Å²) in [7, 11) is -3.25. The molecule has 21 heavy (non-hydrogen) atoms. The fourth-order valence-corrected chi connectivity index (χ4v) is 3.22. The van der Waals surface area contributed by atoms with Crippen LogP contribution in [0.1, 0.15) is 23.2 Å². The summed E-state index contributed by atoms with van der Waals surface area (Å²) in [5.41, 5.74) is 5.70. The van der Waals surface area contributed by atoms with E-state index in [-0.39, 0.29) is 17.3 Å². The van der Waals surface area contributed by atoms with Crippen molar-refractivity contribution in [2.45, 2.75) is 18.9 Å². The van der Waals surface area contributed by atoms with Crippen LogP contribution in [0, 0.1) is 5.82 Å². The molecule has 0 radical (unpaired) electrons. The summed E-state index contributed by atoms with van der Waals surface area (Å²) in [6, 6.07) is 3.79. The van der Waals surface area contributed by atoms with Gasteiger partial charge in [0, 0.05) is 24.8 Å². The summed E-state index contributed by atoms with van der Waals surface area (Å²) in [4.78, 5) is 13.8. The normalized spacial score (nSPS) is 17.0. The van der Waals surface area contributed by atoms with Gasteiger partial charge in [0.05, 0.1) is 11.8 Å². The number of nitrogen functional groups attached to an aromatic ring is 1. The summed E-state index contributed by atoms with van der Waals surface area (Å²) in [6.45, 7) is 0.770. The van der Waals surface area contributed by atoms with Crippen molar-refractivity contribution in [2.24, 2.45) is 0 Å². The lowest BCUT2D eigenvalue weighted by molar-refractivity contribution is 0.0706. The Labute approximate surface area is 123 Å². The Balaban J connectivity index is 2.00. The maximum Gasteiger partial charge on any atom is 0.256 e. The third kappa shape index (κ3) is 4.15. The van der Waals surface area contributed by atoms with Crippen LogP contribution in [0.3, 0.4) is 0 Å². The largest absolute Gasteiger partial charge is 0.399 e. The fourth-order valence-electron chi connectivity index (χ4n) is 2.38. The average molecular weight is 315 g/mol. The first-order chi connectivity index (χ1) is 9.76. The molecule has 0 aromatic heterocycles. The SMILES string of the molecule is CS(=O)(=O)NC1CCN(C(=O)c2ccc(N)cc2F)CC1. The molecule has 0 atom stereocenters. The molecular formula is C13H18FN3O3S. The highest BCUT2D eigenvalue weighted by molar-refractivity contribution is 7.88. The molecule has 2 rings (SSSR count). The Morgan fingerprint density at radius 2 is 2.00 bits per heavy atom. The van der Waals surface area contributed by atoms with Gasteiger partial charge in [0.25, 0.3) is 5.91 Å². The molecule has 1 amide bonds. The van der Waals surface area contributed by atoms with Gasteiger partial charge in [-0.2, -0.15) is 0 Å². The molecule has 6 nitrogen and oxygen atoms in total. The minimum Gasteiger partial charge on any atom is -0.399 e. The van der Waals surface area contributed by atoms with Crippen molar-refractivity contribution >= 4 is 21.6 Å². The first-order valence-corrected chi connectivity index (χ1v) is 8.47. The van der Waals surface area contributed by atoms with Crippen molar-refractivity contribution in [3.8, 4) is 0 Å². The van der Waals surface area contributed by atoms with E-state index in [1.54, 1.807) is 0 Å². The number of amides is 1. The molecule has 1 heterocycles. The number of nitrogens with one attached hydrogen (secondary N) is 1. The van der Waals surface area contributed by atoms with Crippen LogP contribution in [0.2, 0.25) is 0 Å². The third-order valence-electron chi connectivity index (χ3n) is 3.39. The highest BCUT2D eigenvalue weighted by atomic mass is 32.2. The van der Waals surface area contributed by atoms with E-state index in [1.165, 1.54) is 17.0 Å². The van der Waals surface area contributed by atoms with Crippen molar-refractivity contribution < 1.29 is 17.6 Å². The molecule has 1 aromatic rings. The van der Waals surface area contributed by atoms with E-state index in [0.717, 1.165) is 12.3 Å². The van der Waals surface area contributed by atoms with Crippen LogP contribution >= 0.6 is 0 Å². The minimum atomic E-state index is -3.25. The number of nitrogens with two attached hydrogens (primary N) is 1. The second-order valence-electron chi connectivity index (χ2n) is 5.20. The number of hydrogen-bond acceptors (Lipinski definition) is 4. The molecule has 1 fully saturated rings. The van der Waals surface area contributed by atoms with E-state index in [4.69, 9.17) is 5.73 Å². The zero-order valence-corrected chi connectivity index (χ0v) is 12.5. The number of likely N-dealkylation sites (tertiary alicyclic amines) is 1. The standard InChI is InChI=1S/C13H18FN3O3S/c1-21(19,20)16-10-4-6-17(7-5-10)13(18)11-3-2-9(15)8-12(11)14/h2-3,8,10,16H,4-7,15H2,1H3. The van der Waals surface area contributed by atoms with Gasteiger partial charge in [-0.15, -0.1) is 0 Å². The number of rotatable bonds is 3. The maximum absolute atomic E-state index is 13.7. The molecule has 8 heteroatoms. The second-order valence-corrected chi connectivity index (χ2v) is 6.98. The lowest BCUT2D eigenvalue weighted by atomic mass is 10.0. The van der Waals surface area contributed by atoms with Crippen molar-refractivity contribution in [1.82, 2.24) is 9.62 Å². The molecule has 1 saturated heterocycles. The van der Waals surface area contributed by atoms with Gasteiger partial charge in [0.2, 0.25) is 10.0 Å². The first kappa shape index (κ1) is 15.7. The van der Waals surface area contributed by atoms with Crippen LogP contribution in [0.25, 0.3) is 0 Å². The van der Waals surface area contributed by atoms with Gasteiger partial charge < -0.3 is 10.6 Å². The number of piperidine rings is 1. The van der Waals surface area contributed by atoms with Gasteiger partial charge in [0.1, 0.15) is 5.82 Å². The van der Waals surface area contributed by atoms with Gasteiger partial charge in [-0.1, -0.05) is 0 Å². The second kappa shape index (κ2) is 5.98. The van der Waals surface area contributed by atoms with E-state index in [2.05, 4.69) is 4.72 Å². The van der Waals surface area contributed by atoms with E-state index < -0.39 is 21.7 Å². The van der Waals surface area contributed by atoms with Crippen LogP contribution in [0.15, 0.2) is 18.2 Å². The van der Waals surface area contributed by atoms with E-state index in [0.29, 0.717) is 25.9 Å². The number of carbonyl (C=O) groups excluding carboxylic acids is 1. The van der Waals surface area contributed by atoms with Gasteiger partial charge >= 0.3 is 0 Å². The zero-order valence-electron chi connectivity index (χ0n) is 11.7. The molecule has 0 bridgehead atoms. The summed E-state index contributed by atoms with van der Waals surface area (Å²) < 4.78 is 38.6. The van der Waals surface area contributed by atoms with Gasteiger partial charge in [-0.25, -0.2) is 17.5 Å². The van der Waals surface area contributed by atoms with Crippen molar-refractivity contribution in [3.05, 3.63) is 29.6 Å². The predicted molar refractivity (Wildman–Crippen MR) is 77.7 cm³/mol. The minimum absolute atomic E-state index is 0.0151. The van der Waals surface area contributed by atoms with Crippen LogP contribution in [-0.2, 0) is 10.0 Å². The quantitative estimate of drug-likeness (QED) is 0.797. The Morgan fingerprint density at radius 3 is 2.52 bits per heavy atom. The Hall–Kier alpha value is -1.67. The molecule has 1 aromatic carbocycles. The lowest BCUT2D eigenvalue weighted by Gasteiger charge is -2.32. The zero-order chi connectivity index (χ0) is 15.6. The molecule has 116 valence electrons. The topological polar surface area (TPSA) is 92.5 Å². The molecule has 0 aliphatic carbocycles. The summed E-state index contributed by atoms with van der Waals surface area (Å²) in [5, 5.41) is 0. The monoisotopic (exact) mass is 315 g/mol. The van der Waals surface area contributed by atoms with Crippen molar-refractivity contribution in [2.75, 3.05) is 25.1 Å². The third-order valence-corrected chi connectivity index (χ3v) is 4.15. The summed E-state index contributed by atoms with van der Waals surface area (Å²) in [6.07, 6.45) is 2.12. The molecule has 0 spiro atoms. The van der Waals surface area contributed by atoms with Crippen molar-refractivity contribution in [3.63, 3.8) is 0 Å². The number of carbonyl (C=O) groups is 1. The van der Waals surface area contributed by atoms with Crippen LogP contribution < -0.4 is 10.5 Å². The smallest absolute Gasteiger partial charge is 0.256 e. The first-order valence-electron chi connectivity index (χ1n) is 6.58. The molecule has 3 N–H and O–H groups in total. The summed E-state index contributed by atoms with van der Waals surface area (Å²) >= 11 is 0. The molecular weight excluding hydrogens is 297 g/mol. The number of hydrogen-bond donors (Lipinski definition) is 2. The molecule has 1 aliphatic rings. The highest BCUT2D eigenvalue weighted by Gasteiger charge is 2.26. The summed E-state index contributed by atoms with van der Waals surface area (Å²) in [5.74, 6) is -1.04. The van der Waals surface area contributed by atoms with Gasteiger partial charge in [0.15, 0.2) is 0 Å². The van der Waals surface area contributed by atoms with Gasteiger partial charge in [-0.3, -0.25) is 4.79 Å². The number of anilines is 1. The number of nitrogens with zero attached hydrogens (tertiary/aromatic N) is 1. The predicted octanol–water partition coefficient (Wildman–Crippen LogP) is 0.562. The lowest BCUT2D eigenvalue weighted by Crippen LogP contribution is -2.46. The molecule has 1 aliphatic heterocycles. The Bertz CT molecular complexity index is 640. The fraction of sp³-hybridized carbons (Fsp3) is 0.462. The Morgan fingerprint density at radius 1 is 1.38 bits per heavy atom. The van der Waals surface area contributed by atoms with E-state index in [9.17, 15) is 17.6 Å². The highest BCUT2D eigenvalue weighted by Crippen LogP contribution is 2.18. The van der Waals surface area contributed by atoms with Crippen LogP contribution in [-0.4, -0.2) is 44.6 Å². The van der Waals surface area contributed by atoms with Crippen LogP contribution in [0.5, 0.6) is 0 Å². The molecule has 0 saturated carbocycles. The number of sulfonamides is 1. The maximum atomic E-state index is 13.7. The molecule has 0 unspecified atom stereocenters. The van der Waals surface area contributed by atoms with Gasteiger partial charge in [-0.05, 0) is 31.0 Å². The van der Waals surface area contributed by atoms with Crippen molar-refractivity contribution in [1.29, 1.82) is 0 Å². The van der Waals surface area contributed by atoms with E-state index in [1.807, 2.05) is 0 Å².